The predicted octanol–water partition coefficient (Wildman–Crippen LogP) is 6.36. The fourth-order valence-corrected chi connectivity index (χ4v) is 3.92. The summed E-state index contributed by atoms with van der Waals surface area (Å²) in [6.07, 6.45) is 10.3. The van der Waals surface area contributed by atoms with E-state index in [0.29, 0.717) is 6.42 Å². The van der Waals surface area contributed by atoms with Gasteiger partial charge in [-0.1, -0.05) is 82.2 Å². The van der Waals surface area contributed by atoms with Gasteiger partial charge in [0.05, 0.1) is 5.52 Å². The Kier molecular flexibility index (Phi) is 7.05. The number of para-hydroxylation sites is 2. The molecule has 3 N–H and O–H groups in total. The Morgan fingerprint density at radius 3 is 2.44 bits per heavy atom. The Morgan fingerprint density at radius 2 is 1.63 bits per heavy atom. The van der Waals surface area contributed by atoms with Crippen molar-refractivity contribution in [3.05, 3.63) is 48.0 Å². The molecule has 3 rings (SSSR count). The van der Waals surface area contributed by atoms with Crippen LogP contribution in [0.5, 0.6) is 0 Å². The standard InChI is InChI=1S/C24H32N2O/c1-2-3-4-5-6-7-8-12-18(25)17-23(27)21-15-11-14-20-19-13-9-10-16-22(19)26-24(20)21/h9-11,13-16,18,26H,2-8,12,17,25H2,1H3. The van der Waals surface area contributed by atoms with Gasteiger partial charge >= 0.3 is 0 Å². The number of aromatic amines is 1. The molecule has 0 saturated heterocycles. The number of nitrogens with one attached hydrogen (secondary N) is 1. The van der Waals surface area contributed by atoms with Gasteiger partial charge in [-0.3, -0.25) is 4.79 Å². The van der Waals surface area contributed by atoms with Gasteiger partial charge in [-0.25, -0.2) is 0 Å². The third kappa shape index (κ3) is 4.98. The average molecular weight is 365 g/mol. The van der Waals surface area contributed by atoms with Gasteiger partial charge in [0.25, 0.3) is 0 Å². The van der Waals surface area contributed by atoms with Gasteiger partial charge in [-0.15, -0.1) is 0 Å². The molecule has 0 bridgehead atoms. The number of nitrogens with two attached hydrogens (primary N) is 1. The molecule has 1 unspecified atom stereocenters. The SMILES string of the molecule is CCCCCCCCCC(N)CC(=O)c1cccc2c1[nH]c1ccccc12. The summed E-state index contributed by atoms with van der Waals surface area (Å²) < 4.78 is 0. The summed E-state index contributed by atoms with van der Waals surface area (Å²) >= 11 is 0. The van der Waals surface area contributed by atoms with Crippen LogP contribution in [-0.2, 0) is 0 Å². The Labute approximate surface area is 162 Å². The zero-order valence-electron chi connectivity index (χ0n) is 16.5. The van der Waals surface area contributed by atoms with Gasteiger partial charge in [0.2, 0.25) is 0 Å². The van der Waals surface area contributed by atoms with Crippen LogP contribution in [0, 0.1) is 0 Å². The quantitative estimate of drug-likeness (QED) is 0.307. The molecule has 0 spiro atoms. The molecule has 1 heterocycles. The molecule has 0 saturated carbocycles. The van der Waals surface area contributed by atoms with Crippen molar-refractivity contribution >= 4 is 27.6 Å². The molecule has 0 aliphatic carbocycles. The predicted molar refractivity (Wildman–Crippen MR) is 115 cm³/mol. The molecule has 0 radical (unpaired) electrons. The van der Waals surface area contributed by atoms with Crippen LogP contribution < -0.4 is 5.73 Å². The van der Waals surface area contributed by atoms with E-state index >= 15 is 0 Å². The molecule has 0 fully saturated rings. The van der Waals surface area contributed by atoms with Crippen LogP contribution in [-0.4, -0.2) is 16.8 Å². The van der Waals surface area contributed by atoms with E-state index in [2.05, 4.69) is 30.1 Å². The van der Waals surface area contributed by atoms with Crippen LogP contribution in [0.3, 0.4) is 0 Å². The number of fused-ring (bicyclic) bond motifs is 3. The van der Waals surface area contributed by atoms with Gasteiger partial charge in [0, 0.05) is 34.3 Å². The van der Waals surface area contributed by atoms with E-state index < -0.39 is 0 Å². The average Bonchev–Trinajstić information content (AvgIpc) is 3.06. The fourth-order valence-electron chi connectivity index (χ4n) is 3.92. The number of ketones is 1. The summed E-state index contributed by atoms with van der Waals surface area (Å²) in [5, 5.41) is 2.27. The van der Waals surface area contributed by atoms with Gasteiger partial charge in [-0.2, -0.15) is 0 Å². The van der Waals surface area contributed by atoms with Crippen molar-refractivity contribution in [3.63, 3.8) is 0 Å². The molecule has 0 aliphatic rings. The van der Waals surface area contributed by atoms with Crippen molar-refractivity contribution in [1.82, 2.24) is 4.98 Å². The van der Waals surface area contributed by atoms with E-state index in [1.807, 2.05) is 24.3 Å². The van der Waals surface area contributed by atoms with Gasteiger partial charge in [0.15, 0.2) is 5.78 Å². The summed E-state index contributed by atoms with van der Waals surface area (Å²) in [7, 11) is 0. The number of hydrogen-bond donors (Lipinski definition) is 2. The van der Waals surface area contributed by atoms with E-state index in [0.717, 1.165) is 40.2 Å². The normalized spacial score (nSPS) is 12.7. The summed E-state index contributed by atoms with van der Waals surface area (Å²) in [5.41, 5.74) is 9.03. The molecule has 3 aromatic rings. The number of carbonyl (C=O) groups is 1. The molecule has 2 aromatic carbocycles. The lowest BCUT2D eigenvalue weighted by molar-refractivity contribution is 0.0974. The second kappa shape index (κ2) is 9.70. The van der Waals surface area contributed by atoms with E-state index in [1.165, 1.54) is 38.5 Å². The van der Waals surface area contributed by atoms with E-state index in [9.17, 15) is 4.79 Å². The Hall–Kier alpha value is -2.13. The highest BCUT2D eigenvalue weighted by molar-refractivity contribution is 6.15. The Bertz CT molecular complexity index is 880. The minimum absolute atomic E-state index is 0.0484. The highest BCUT2D eigenvalue weighted by Crippen LogP contribution is 2.28. The second-order valence-corrected chi connectivity index (χ2v) is 7.70. The van der Waals surface area contributed by atoms with Crippen LogP contribution in [0.25, 0.3) is 21.8 Å². The third-order valence-corrected chi connectivity index (χ3v) is 5.47. The highest BCUT2D eigenvalue weighted by atomic mass is 16.1. The molecule has 1 aromatic heterocycles. The molecule has 1 atom stereocenters. The zero-order valence-corrected chi connectivity index (χ0v) is 16.5. The number of aromatic nitrogens is 1. The number of carbonyl (C=O) groups excluding carboxylic acids is 1. The lowest BCUT2D eigenvalue weighted by atomic mass is 9.98. The minimum atomic E-state index is -0.0484. The summed E-state index contributed by atoms with van der Waals surface area (Å²) in [4.78, 5) is 16.3. The van der Waals surface area contributed by atoms with E-state index in [1.54, 1.807) is 0 Å². The maximum atomic E-state index is 12.9. The first-order chi connectivity index (χ1) is 13.2. The Balaban J connectivity index is 1.56. The highest BCUT2D eigenvalue weighted by Gasteiger charge is 2.16. The van der Waals surface area contributed by atoms with Crippen molar-refractivity contribution in [3.8, 4) is 0 Å². The van der Waals surface area contributed by atoms with Gasteiger partial charge < -0.3 is 10.7 Å². The van der Waals surface area contributed by atoms with Crippen molar-refractivity contribution in [2.24, 2.45) is 5.73 Å². The summed E-state index contributed by atoms with van der Waals surface area (Å²) in [6, 6.07) is 14.1. The van der Waals surface area contributed by atoms with Crippen LogP contribution in [0.2, 0.25) is 0 Å². The molecule has 0 aliphatic heterocycles. The van der Waals surface area contributed by atoms with E-state index in [-0.39, 0.29) is 11.8 Å². The largest absolute Gasteiger partial charge is 0.354 e. The second-order valence-electron chi connectivity index (χ2n) is 7.70. The smallest absolute Gasteiger partial charge is 0.166 e. The lowest BCUT2D eigenvalue weighted by Crippen LogP contribution is -2.23. The van der Waals surface area contributed by atoms with Crippen LogP contribution >= 0.6 is 0 Å². The summed E-state index contributed by atoms with van der Waals surface area (Å²) in [6.45, 7) is 2.24. The number of unbranched alkanes of at least 4 members (excludes halogenated alkanes) is 6. The monoisotopic (exact) mass is 364 g/mol. The first-order valence-electron chi connectivity index (χ1n) is 10.5. The Morgan fingerprint density at radius 1 is 0.926 bits per heavy atom. The number of hydrogen-bond acceptors (Lipinski definition) is 2. The number of Topliss-reactive ketones (excluding diaryl/α,β-unsaturated/α-hetero) is 1. The van der Waals surface area contributed by atoms with Crippen molar-refractivity contribution in [2.75, 3.05) is 0 Å². The first-order valence-corrected chi connectivity index (χ1v) is 10.5. The maximum absolute atomic E-state index is 12.9. The van der Waals surface area contributed by atoms with Crippen LogP contribution in [0.15, 0.2) is 42.5 Å². The van der Waals surface area contributed by atoms with Crippen LogP contribution in [0.4, 0.5) is 0 Å². The maximum Gasteiger partial charge on any atom is 0.166 e. The van der Waals surface area contributed by atoms with E-state index in [4.69, 9.17) is 5.73 Å². The third-order valence-electron chi connectivity index (χ3n) is 5.47. The van der Waals surface area contributed by atoms with Crippen molar-refractivity contribution < 1.29 is 4.79 Å². The zero-order chi connectivity index (χ0) is 19.1. The number of H-pyrrole nitrogens is 1. The molecule has 27 heavy (non-hydrogen) atoms. The fraction of sp³-hybridized carbons (Fsp3) is 0.458. The topological polar surface area (TPSA) is 58.9 Å². The molecule has 0 amide bonds. The molecular formula is C24H32N2O. The first kappa shape index (κ1) is 19.6. The molecule has 3 nitrogen and oxygen atoms in total. The molecule has 3 heteroatoms. The van der Waals surface area contributed by atoms with Gasteiger partial charge in [-0.05, 0) is 18.6 Å². The minimum Gasteiger partial charge on any atom is -0.354 e. The molecule has 144 valence electrons. The van der Waals surface area contributed by atoms with Crippen molar-refractivity contribution in [2.45, 2.75) is 70.8 Å². The lowest BCUT2D eigenvalue weighted by Gasteiger charge is -2.11. The molecular weight excluding hydrogens is 332 g/mol. The summed E-state index contributed by atoms with van der Waals surface area (Å²) in [5.74, 6) is 0.141. The number of rotatable bonds is 11. The number of benzene rings is 2. The van der Waals surface area contributed by atoms with Gasteiger partial charge in [0.1, 0.15) is 0 Å². The van der Waals surface area contributed by atoms with Crippen molar-refractivity contribution in [1.29, 1.82) is 0 Å². The van der Waals surface area contributed by atoms with Crippen LogP contribution in [0.1, 0.15) is 75.1 Å².